The van der Waals surface area contributed by atoms with E-state index in [0.717, 1.165) is 10.8 Å². The number of hydrogen-bond donors (Lipinski definition) is 1. The summed E-state index contributed by atoms with van der Waals surface area (Å²) >= 11 is 0. The summed E-state index contributed by atoms with van der Waals surface area (Å²) in [5, 5.41) is 1.88. The first kappa shape index (κ1) is 21.6. The minimum atomic E-state index is -3.59. The first-order valence-corrected chi connectivity index (χ1v) is 9.90. The first-order valence-electron chi connectivity index (χ1n) is 8.46. The number of amides is 1. The van der Waals surface area contributed by atoms with Crippen LogP contribution in [0.2, 0.25) is 0 Å². The predicted molar refractivity (Wildman–Crippen MR) is 106 cm³/mol. The molecule has 9 heteroatoms. The molecule has 2 aromatic carbocycles. The number of carbonyl (C=O) groups is 1. The summed E-state index contributed by atoms with van der Waals surface area (Å²) in [6.07, 6.45) is 0. The van der Waals surface area contributed by atoms with E-state index in [1.807, 2.05) is 30.3 Å². The molecule has 1 heterocycles. The van der Waals surface area contributed by atoms with Crippen molar-refractivity contribution in [2.45, 2.75) is 10.9 Å². The quantitative estimate of drug-likeness (QED) is 0.791. The van der Waals surface area contributed by atoms with Crippen LogP contribution >= 0.6 is 12.4 Å². The summed E-state index contributed by atoms with van der Waals surface area (Å²) < 4.78 is 32.2. The lowest BCUT2D eigenvalue weighted by atomic mass is 10.1. The topological polar surface area (TPSA) is 92.9 Å². The molecule has 2 aromatic rings. The van der Waals surface area contributed by atoms with Crippen molar-refractivity contribution in [2.24, 2.45) is 5.73 Å². The highest BCUT2D eigenvalue weighted by atomic mass is 35.5. The summed E-state index contributed by atoms with van der Waals surface area (Å²) in [5.41, 5.74) is 5.77. The van der Waals surface area contributed by atoms with Crippen LogP contribution in [0.25, 0.3) is 10.8 Å². The Bertz CT molecular complexity index is 898. The summed E-state index contributed by atoms with van der Waals surface area (Å²) in [4.78, 5) is 14.1. The van der Waals surface area contributed by atoms with Gasteiger partial charge in [0.25, 0.3) is 0 Å². The molecule has 27 heavy (non-hydrogen) atoms. The monoisotopic (exact) mass is 413 g/mol. The Morgan fingerprint density at radius 1 is 1.11 bits per heavy atom. The maximum absolute atomic E-state index is 12.9. The zero-order valence-corrected chi connectivity index (χ0v) is 16.7. The zero-order valence-electron chi connectivity index (χ0n) is 15.1. The molecule has 1 atom stereocenters. The Balaban J connectivity index is 0.00000261. The van der Waals surface area contributed by atoms with Crippen molar-refractivity contribution in [1.29, 1.82) is 0 Å². The lowest BCUT2D eigenvalue weighted by Crippen LogP contribution is -2.55. The number of nitrogens with zero attached hydrogens (tertiary/aromatic N) is 2. The number of nitrogens with two attached hydrogens (primary N) is 1. The average molecular weight is 414 g/mol. The Labute approximate surface area is 165 Å². The molecular weight excluding hydrogens is 390 g/mol. The van der Waals surface area contributed by atoms with Gasteiger partial charge in [-0.15, -0.1) is 12.4 Å². The Hall–Kier alpha value is -1.71. The summed E-state index contributed by atoms with van der Waals surface area (Å²) in [6, 6.07) is 12.0. The van der Waals surface area contributed by atoms with Gasteiger partial charge in [-0.05, 0) is 22.9 Å². The average Bonchev–Trinajstić information content (AvgIpc) is 2.67. The highest BCUT2D eigenvalue weighted by Crippen LogP contribution is 2.22. The second-order valence-electron chi connectivity index (χ2n) is 6.30. The number of ether oxygens (including phenoxy) is 1. The number of halogens is 1. The standard InChI is InChI=1S/C18H23N3O4S.ClH/c1-25-13-17(19)18(22)20-8-10-21(11-9-20)26(23,24)16-7-6-14-4-2-3-5-15(14)12-16;/h2-7,12,17H,8-11,13,19H2,1H3;1H. The van der Waals surface area contributed by atoms with Gasteiger partial charge in [0.1, 0.15) is 6.04 Å². The fourth-order valence-corrected chi connectivity index (χ4v) is 4.57. The SMILES string of the molecule is COCC(N)C(=O)N1CCN(S(=O)(=O)c2ccc3ccccc3c2)CC1.Cl. The van der Waals surface area contributed by atoms with Crippen LogP contribution in [-0.4, -0.2) is 69.5 Å². The van der Waals surface area contributed by atoms with Gasteiger partial charge >= 0.3 is 0 Å². The van der Waals surface area contributed by atoms with E-state index in [9.17, 15) is 13.2 Å². The minimum absolute atomic E-state index is 0. The molecule has 0 radical (unpaired) electrons. The van der Waals surface area contributed by atoms with E-state index in [2.05, 4.69) is 0 Å². The largest absolute Gasteiger partial charge is 0.383 e. The minimum Gasteiger partial charge on any atom is -0.383 e. The van der Waals surface area contributed by atoms with Crippen molar-refractivity contribution in [2.75, 3.05) is 39.9 Å². The lowest BCUT2D eigenvalue weighted by Gasteiger charge is -2.35. The summed E-state index contributed by atoms with van der Waals surface area (Å²) in [5.74, 6) is -0.213. The molecule has 1 aliphatic heterocycles. The zero-order chi connectivity index (χ0) is 18.7. The summed E-state index contributed by atoms with van der Waals surface area (Å²) in [6.45, 7) is 1.29. The van der Waals surface area contributed by atoms with Crippen LogP contribution in [0.15, 0.2) is 47.4 Å². The first-order chi connectivity index (χ1) is 12.4. The second-order valence-corrected chi connectivity index (χ2v) is 8.24. The molecule has 7 nitrogen and oxygen atoms in total. The highest BCUT2D eigenvalue weighted by molar-refractivity contribution is 7.89. The van der Waals surface area contributed by atoms with Crippen molar-refractivity contribution < 1.29 is 17.9 Å². The molecule has 2 N–H and O–H groups in total. The smallest absolute Gasteiger partial charge is 0.243 e. The van der Waals surface area contributed by atoms with Crippen LogP contribution < -0.4 is 5.73 Å². The second kappa shape index (κ2) is 8.99. The molecule has 1 saturated heterocycles. The predicted octanol–water partition coefficient (Wildman–Crippen LogP) is 1.07. The third-order valence-corrected chi connectivity index (χ3v) is 6.47. The van der Waals surface area contributed by atoms with Crippen LogP contribution in [0.4, 0.5) is 0 Å². The van der Waals surface area contributed by atoms with Gasteiger partial charge in [0, 0.05) is 33.3 Å². The van der Waals surface area contributed by atoms with Crippen LogP contribution in [0.1, 0.15) is 0 Å². The van der Waals surface area contributed by atoms with Gasteiger partial charge in [-0.1, -0.05) is 30.3 Å². The number of carbonyl (C=O) groups excluding carboxylic acids is 1. The lowest BCUT2D eigenvalue weighted by molar-refractivity contribution is -0.134. The van der Waals surface area contributed by atoms with Gasteiger partial charge in [-0.2, -0.15) is 4.31 Å². The van der Waals surface area contributed by atoms with Gasteiger partial charge in [-0.25, -0.2) is 8.42 Å². The van der Waals surface area contributed by atoms with Gasteiger partial charge in [0.15, 0.2) is 0 Å². The van der Waals surface area contributed by atoms with Crippen LogP contribution in [0, 0.1) is 0 Å². The maximum Gasteiger partial charge on any atom is 0.243 e. The van der Waals surface area contributed by atoms with Crippen LogP contribution in [0.5, 0.6) is 0 Å². The molecule has 148 valence electrons. The third-order valence-electron chi connectivity index (χ3n) is 4.57. The number of methoxy groups -OCH3 is 1. The number of fused-ring (bicyclic) bond motifs is 1. The van der Waals surface area contributed by atoms with E-state index in [1.165, 1.54) is 11.4 Å². The van der Waals surface area contributed by atoms with Crippen LogP contribution in [-0.2, 0) is 19.6 Å². The van der Waals surface area contributed by atoms with Crippen molar-refractivity contribution in [3.8, 4) is 0 Å². The molecule has 0 saturated carbocycles. The molecule has 1 fully saturated rings. The maximum atomic E-state index is 12.9. The highest BCUT2D eigenvalue weighted by Gasteiger charge is 2.31. The molecule has 0 aromatic heterocycles. The normalized spacial score (nSPS) is 16.7. The fourth-order valence-electron chi connectivity index (χ4n) is 3.11. The number of hydrogen-bond acceptors (Lipinski definition) is 5. The number of benzene rings is 2. The Morgan fingerprint density at radius 3 is 2.37 bits per heavy atom. The molecular formula is C18H24ClN3O4S. The van der Waals surface area contributed by atoms with E-state index in [4.69, 9.17) is 10.5 Å². The molecule has 0 aliphatic carbocycles. The van der Waals surface area contributed by atoms with Crippen molar-refractivity contribution in [3.63, 3.8) is 0 Å². The van der Waals surface area contributed by atoms with E-state index < -0.39 is 16.1 Å². The molecule has 3 rings (SSSR count). The van der Waals surface area contributed by atoms with Gasteiger partial charge in [0.05, 0.1) is 11.5 Å². The number of sulfonamides is 1. The summed E-state index contributed by atoms with van der Waals surface area (Å²) in [7, 11) is -2.11. The third kappa shape index (κ3) is 4.59. The van der Waals surface area contributed by atoms with Gasteiger partial charge in [-0.3, -0.25) is 4.79 Å². The van der Waals surface area contributed by atoms with E-state index in [-0.39, 0.29) is 42.9 Å². The van der Waals surface area contributed by atoms with Crippen molar-refractivity contribution in [1.82, 2.24) is 9.21 Å². The molecule has 1 aliphatic rings. The number of piperazine rings is 1. The number of rotatable bonds is 5. The van der Waals surface area contributed by atoms with Crippen molar-refractivity contribution >= 4 is 39.1 Å². The molecule has 1 amide bonds. The van der Waals surface area contributed by atoms with E-state index in [0.29, 0.717) is 13.1 Å². The molecule has 0 spiro atoms. The van der Waals surface area contributed by atoms with Gasteiger partial charge < -0.3 is 15.4 Å². The van der Waals surface area contributed by atoms with E-state index in [1.54, 1.807) is 17.0 Å². The van der Waals surface area contributed by atoms with Crippen molar-refractivity contribution in [3.05, 3.63) is 42.5 Å². The molecule has 1 unspecified atom stereocenters. The molecule has 0 bridgehead atoms. The Morgan fingerprint density at radius 2 is 1.74 bits per heavy atom. The van der Waals surface area contributed by atoms with Crippen LogP contribution in [0.3, 0.4) is 0 Å². The van der Waals surface area contributed by atoms with Gasteiger partial charge in [0.2, 0.25) is 15.9 Å². The fraction of sp³-hybridized carbons (Fsp3) is 0.389. The Kier molecular flexibility index (Phi) is 7.19. The van der Waals surface area contributed by atoms with E-state index >= 15 is 0 Å².